The van der Waals surface area contributed by atoms with Gasteiger partial charge in [-0.25, -0.2) is 0 Å². The van der Waals surface area contributed by atoms with Gasteiger partial charge in [-0.15, -0.1) is 0 Å². The summed E-state index contributed by atoms with van der Waals surface area (Å²) >= 11 is 0. The molecule has 1 atom stereocenters. The van der Waals surface area contributed by atoms with Gasteiger partial charge < -0.3 is 15.3 Å². The van der Waals surface area contributed by atoms with Crippen molar-refractivity contribution in [3.63, 3.8) is 0 Å². The number of hydrogen-bond acceptors (Lipinski definition) is 3. The number of rotatable bonds is 4. The maximum absolute atomic E-state index is 9.61. The maximum atomic E-state index is 9.61. The Morgan fingerprint density at radius 1 is 1.41 bits per heavy atom. The normalized spacial score (nSPS) is 20.2. The summed E-state index contributed by atoms with van der Waals surface area (Å²) in [5.41, 5.74) is 2.58. The number of nitrogens with zero attached hydrogens (tertiary/aromatic N) is 1. The van der Waals surface area contributed by atoms with Gasteiger partial charge in [-0.3, -0.25) is 0 Å². The van der Waals surface area contributed by atoms with Gasteiger partial charge in [0.2, 0.25) is 0 Å². The Morgan fingerprint density at radius 3 is 2.82 bits per heavy atom. The van der Waals surface area contributed by atoms with E-state index in [9.17, 15) is 5.11 Å². The number of aliphatic hydroxyl groups excluding tert-OH is 1. The average Bonchev–Trinajstić information content (AvgIpc) is 2.73. The lowest BCUT2D eigenvalue weighted by Gasteiger charge is -2.22. The number of benzene rings is 1. The zero-order chi connectivity index (χ0) is 12.3. The van der Waals surface area contributed by atoms with Crippen LogP contribution in [0.1, 0.15) is 25.8 Å². The molecular weight excluding hydrogens is 212 g/mol. The van der Waals surface area contributed by atoms with Gasteiger partial charge in [-0.05, 0) is 18.1 Å². The summed E-state index contributed by atoms with van der Waals surface area (Å²) in [5, 5.41) is 13.1. The lowest BCUT2D eigenvalue weighted by atomic mass is 10.1. The van der Waals surface area contributed by atoms with Crippen molar-refractivity contribution in [2.75, 3.05) is 18.0 Å². The molecule has 0 radical (unpaired) electrons. The molecule has 0 bridgehead atoms. The summed E-state index contributed by atoms with van der Waals surface area (Å²) in [7, 11) is 0. The molecule has 1 heterocycles. The van der Waals surface area contributed by atoms with Crippen LogP contribution in [0.4, 0.5) is 5.69 Å². The van der Waals surface area contributed by atoms with E-state index in [-0.39, 0.29) is 6.10 Å². The molecule has 3 heteroatoms. The van der Waals surface area contributed by atoms with Crippen molar-refractivity contribution in [1.29, 1.82) is 0 Å². The number of nitrogens with one attached hydrogen (secondary N) is 1. The van der Waals surface area contributed by atoms with Gasteiger partial charge in [-0.2, -0.15) is 0 Å². The highest BCUT2D eigenvalue weighted by atomic mass is 16.3. The third kappa shape index (κ3) is 3.20. The summed E-state index contributed by atoms with van der Waals surface area (Å²) in [6.45, 7) is 6.92. The molecule has 1 aromatic rings. The Bertz CT molecular complexity index is 365. The zero-order valence-corrected chi connectivity index (χ0v) is 10.7. The molecule has 94 valence electrons. The zero-order valence-electron chi connectivity index (χ0n) is 10.7. The van der Waals surface area contributed by atoms with Crippen molar-refractivity contribution in [3.8, 4) is 0 Å². The molecule has 0 aliphatic carbocycles. The quantitative estimate of drug-likeness (QED) is 0.833. The highest BCUT2D eigenvalue weighted by Crippen LogP contribution is 2.24. The minimum Gasteiger partial charge on any atom is -0.391 e. The Balaban J connectivity index is 2.10. The highest BCUT2D eigenvalue weighted by Gasteiger charge is 2.21. The maximum Gasteiger partial charge on any atom is 0.0731 e. The van der Waals surface area contributed by atoms with Crippen LogP contribution >= 0.6 is 0 Å². The molecule has 0 spiro atoms. The van der Waals surface area contributed by atoms with Crippen LogP contribution in [0.25, 0.3) is 0 Å². The van der Waals surface area contributed by atoms with Crippen LogP contribution < -0.4 is 10.2 Å². The van der Waals surface area contributed by atoms with Crippen molar-refractivity contribution in [1.82, 2.24) is 5.32 Å². The molecule has 1 aliphatic rings. The van der Waals surface area contributed by atoms with E-state index < -0.39 is 0 Å². The molecule has 0 saturated carbocycles. The van der Waals surface area contributed by atoms with Gasteiger partial charge >= 0.3 is 0 Å². The van der Waals surface area contributed by atoms with Crippen molar-refractivity contribution in [2.24, 2.45) is 0 Å². The number of β-amino-alcohol motifs (C(OH)–C–C–N with tert-alkyl or cyclic N) is 1. The summed E-state index contributed by atoms with van der Waals surface area (Å²) in [4.78, 5) is 2.28. The fourth-order valence-electron chi connectivity index (χ4n) is 2.24. The predicted octanol–water partition coefficient (Wildman–Crippen LogP) is 1.76. The molecule has 1 saturated heterocycles. The van der Waals surface area contributed by atoms with Gasteiger partial charge in [0, 0.05) is 31.4 Å². The molecule has 1 aromatic carbocycles. The molecule has 0 aromatic heterocycles. The minimum atomic E-state index is -0.166. The molecule has 3 nitrogen and oxygen atoms in total. The summed E-state index contributed by atoms with van der Waals surface area (Å²) in [6.07, 6.45) is 0.715. The Labute approximate surface area is 103 Å². The molecule has 2 N–H and O–H groups in total. The number of hydrogen-bond donors (Lipinski definition) is 2. The fourth-order valence-corrected chi connectivity index (χ4v) is 2.24. The SMILES string of the molecule is CC(C)NCc1ccccc1N1CCC(O)C1. The van der Waals surface area contributed by atoms with E-state index in [2.05, 4.69) is 48.3 Å². The first-order valence-electron chi connectivity index (χ1n) is 6.41. The number of para-hydroxylation sites is 1. The first-order valence-corrected chi connectivity index (χ1v) is 6.41. The average molecular weight is 234 g/mol. The summed E-state index contributed by atoms with van der Waals surface area (Å²) in [6, 6.07) is 8.95. The second kappa shape index (κ2) is 5.52. The Hall–Kier alpha value is -1.06. The van der Waals surface area contributed by atoms with Crippen LogP contribution in [0.5, 0.6) is 0 Å². The third-order valence-electron chi connectivity index (χ3n) is 3.20. The van der Waals surface area contributed by atoms with E-state index in [0.29, 0.717) is 6.04 Å². The van der Waals surface area contributed by atoms with Crippen LogP contribution in [0.3, 0.4) is 0 Å². The fraction of sp³-hybridized carbons (Fsp3) is 0.571. The van der Waals surface area contributed by atoms with Crippen LogP contribution in [0.15, 0.2) is 24.3 Å². The first kappa shape index (κ1) is 12.4. The van der Waals surface area contributed by atoms with Crippen LogP contribution in [0, 0.1) is 0 Å². The van der Waals surface area contributed by atoms with Gasteiger partial charge in [0.1, 0.15) is 0 Å². The largest absolute Gasteiger partial charge is 0.391 e. The summed E-state index contributed by atoms with van der Waals surface area (Å²) in [5.74, 6) is 0. The minimum absolute atomic E-state index is 0.166. The van der Waals surface area contributed by atoms with E-state index >= 15 is 0 Å². The standard InChI is InChI=1S/C14H22N2O/c1-11(2)15-9-12-5-3-4-6-14(12)16-8-7-13(17)10-16/h3-6,11,13,15,17H,7-10H2,1-2H3. The molecule has 1 aliphatic heterocycles. The monoisotopic (exact) mass is 234 g/mol. The van der Waals surface area contributed by atoms with Crippen LogP contribution in [-0.4, -0.2) is 30.3 Å². The van der Waals surface area contributed by atoms with Gasteiger partial charge in [-0.1, -0.05) is 32.0 Å². The van der Waals surface area contributed by atoms with Crippen molar-refractivity contribution in [3.05, 3.63) is 29.8 Å². The lowest BCUT2D eigenvalue weighted by molar-refractivity contribution is 0.198. The Kier molecular flexibility index (Phi) is 4.02. The van der Waals surface area contributed by atoms with E-state index in [4.69, 9.17) is 0 Å². The van der Waals surface area contributed by atoms with Gasteiger partial charge in [0.25, 0.3) is 0 Å². The smallest absolute Gasteiger partial charge is 0.0731 e. The lowest BCUT2D eigenvalue weighted by Crippen LogP contribution is -2.26. The van der Waals surface area contributed by atoms with E-state index in [0.717, 1.165) is 26.1 Å². The molecule has 0 amide bonds. The van der Waals surface area contributed by atoms with Crippen molar-refractivity contribution >= 4 is 5.69 Å². The van der Waals surface area contributed by atoms with Gasteiger partial charge in [0.15, 0.2) is 0 Å². The molecular formula is C14H22N2O. The first-order chi connectivity index (χ1) is 8.16. The van der Waals surface area contributed by atoms with E-state index in [1.807, 2.05) is 0 Å². The van der Waals surface area contributed by atoms with E-state index in [1.165, 1.54) is 11.3 Å². The molecule has 17 heavy (non-hydrogen) atoms. The van der Waals surface area contributed by atoms with Crippen molar-refractivity contribution in [2.45, 2.75) is 39.0 Å². The van der Waals surface area contributed by atoms with Crippen molar-refractivity contribution < 1.29 is 5.11 Å². The van der Waals surface area contributed by atoms with Crippen LogP contribution in [-0.2, 0) is 6.54 Å². The summed E-state index contributed by atoms with van der Waals surface area (Å²) < 4.78 is 0. The van der Waals surface area contributed by atoms with E-state index in [1.54, 1.807) is 0 Å². The predicted molar refractivity (Wildman–Crippen MR) is 71.3 cm³/mol. The highest BCUT2D eigenvalue weighted by molar-refractivity contribution is 5.54. The number of anilines is 1. The van der Waals surface area contributed by atoms with Gasteiger partial charge in [0.05, 0.1) is 6.10 Å². The third-order valence-corrected chi connectivity index (χ3v) is 3.20. The molecule has 1 unspecified atom stereocenters. The van der Waals surface area contributed by atoms with Crippen LogP contribution in [0.2, 0.25) is 0 Å². The number of aliphatic hydroxyl groups is 1. The second-order valence-corrected chi connectivity index (χ2v) is 5.05. The molecule has 2 rings (SSSR count). The Morgan fingerprint density at radius 2 is 2.18 bits per heavy atom. The second-order valence-electron chi connectivity index (χ2n) is 5.05. The topological polar surface area (TPSA) is 35.5 Å². The molecule has 1 fully saturated rings.